The van der Waals surface area contributed by atoms with E-state index in [1.54, 1.807) is 33.8 Å². The number of rotatable bonds is 4. The smallest absolute Gasteiger partial charge is 0.349 e. The number of anilines is 1. The van der Waals surface area contributed by atoms with Crippen LogP contribution in [0.2, 0.25) is 0 Å². The number of ether oxygens (including phenoxy) is 1. The van der Waals surface area contributed by atoms with Crippen LogP contribution >= 0.6 is 23.6 Å². The molecule has 6 nitrogen and oxygen atoms in total. The molecule has 0 saturated heterocycles. The minimum absolute atomic E-state index is 0.150. The van der Waals surface area contributed by atoms with Crippen LogP contribution in [-0.4, -0.2) is 22.6 Å². The van der Waals surface area contributed by atoms with Crippen molar-refractivity contribution in [2.45, 2.75) is 33.3 Å². The SMILES string of the molecule is Cc1c(C(=O)OC(C)(C)C)sc(NC(=O)c2ccco2)c1N=C=S. The van der Waals surface area contributed by atoms with Gasteiger partial charge < -0.3 is 14.5 Å². The Bertz CT molecular complexity index is 810. The van der Waals surface area contributed by atoms with Crippen molar-refractivity contribution in [2.75, 3.05) is 5.32 Å². The number of carbonyl (C=O) groups excluding carboxylic acids is 2. The van der Waals surface area contributed by atoms with Gasteiger partial charge in [0, 0.05) is 5.56 Å². The van der Waals surface area contributed by atoms with Gasteiger partial charge in [0.05, 0.1) is 11.4 Å². The maximum absolute atomic E-state index is 12.3. The van der Waals surface area contributed by atoms with Crippen LogP contribution in [0, 0.1) is 6.92 Å². The van der Waals surface area contributed by atoms with Crippen LogP contribution in [0.1, 0.15) is 46.6 Å². The molecule has 0 aromatic carbocycles. The lowest BCUT2D eigenvalue weighted by Crippen LogP contribution is -2.23. The highest BCUT2D eigenvalue weighted by molar-refractivity contribution is 7.78. The molecule has 2 aromatic rings. The lowest BCUT2D eigenvalue weighted by molar-refractivity contribution is 0.00744. The normalized spacial score (nSPS) is 10.8. The van der Waals surface area contributed by atoms with Gasteiger partial charge in [0.1, 0.15) is 21.2 Å². The molecule has 0 aliphatic heterocycles. The minimum atomic E-state index is -0.626. The molecule has 2 rings (SSSR count). The fourth-order valence-electron chi connectivity index (χ4n) is 1.86. The van der Waals surface area contributed by atoms with Crippen molar-refractivity contribution in [1.29, 1.82) is 0 Å². The fourth-order valence-corrected chi connectivity index (χ4v) is 2.97. The van der Waals surface area contributed by atoms with E-state index in [2.05, 4.69) is 27.7 Å². The summed E-state index contributed by atoms with van der Waals surface area (Å²) in [6.45, 7) is 7.06. The van der Waals surface area contributed by atoms with Gasteiger partial charge in [-0.25, -0.2) is 4.79 Å². The molecule has 0 aliphatic rings. The molecule has 2 aromatic heterocycles. The van der Waals surface area contributed by atoms with Crippen molar-refractivity contribution >= 4 is 51.3 Å². The van der Waals surface area contributed by atoms with Crippen LogP contribution in [-0.2, 0) is 4.74 Å². The molecule has 0 saturated carbocycles. The van der Waals surface area contributed by atoms with Crippen molar-refractivity contribution in [2.24, 2.45) is 4.99 Å². The Morgan fingerprint density at radius 1 is 1.42 bits per heavy atom. The lowest BCUT2D eigenvalue weighted by atomic mass is 10.2. The van der Waals surface area contributed by atoms with E-state index >= 15 is 0 Å². The molecule has 126 valence electrons. The topological polar surface area (TPSA) is 80.9 Å². The molecule has 0 fully saturated rings. The summed E-state index contributed by atoms with van der Waals surface area (Å²) in [4.78, 5) is 28.8. The van der Waals surface area contributed by atoms with E-state index in [0.29, 0.717) is 21.1 Å². The third-order valence-electron chi connectivity index (χ3n) is 2.83. The molecule has 0 radical (unpaired) electrons. The van der Waals surface area contributed by atoms with Gasteiger partial charge in [-0.05, 0) is 52.0 Å². The number of furan rings is 1. The number of aliphatic imine (C=N–C) groups is 1. The van der Waals surface area contributed by atoms with Crippen LogP contribution in [0.4, 0.5) is 10.7 Å². The van der Waals surface area contributed by atoms with E-state index in [1.165, 1.54) is 12.3 Å². The van der Waals surface area contributed by atoms with Gasteiger partial charge in [-0.3, -0.25) is 4.79 Å². The van der Waals surface area contributed by atoms with E-state index in [9.17, 15) is 9.59 Å². The largest absolute Gasteiger partial charge is 0.459 e. The number of nitrogens with zero attached hydrogens (tertiary/aromatic N) is 1. The Kier molecular flexibility index (Phi) is 5.33. The third-order valence-corrected chi connectivity index (χ3v) is 4.10. The van der Waals surface area contributed by atoms with Gasteiger partial charge in [-0.2, -0.15) is 4.99 Å². The Morgan fingerprint density at radius 2 is 2.12 bits per heavy atom. The van der Waals surface area contributed by atoms with E-state index in [4.69, 9.17) is 9.15 Å². The number of isothiocyanates is 1. The summed E-state index contributed by atoms with van der Waals surface area (Å²) in [5.41, 5.74) is 0.329. The molecule has 2 heterocycles. The maximum Gasteiger partial charge on any atom is 0.349 e. The second kappa shape index (κ2) is 7.09. The molecular weight excluding hydrogens is 348 g/mol. The Hall–Kier alpha value is -2.28. The summed E-state index contributed by atoms with van der Waals surface area (Å²) in [7, 11) is 0. The van der Waals surface area contributed by atoms with Crippen molar-refractivity contribution < 1.29 is 18.7 Å². The number of hydrogen-bond donors (Lipinski definition) is 1. The van der Waals surface area contributed by atoms with E-state index < -0.39 is 17.5 Å². The highest BCUT2D eigenvalue weighted by atomic mass is 32.1. The van der Waals surface area contributed by atoms with Gasteiger partial charge in [0.15, 0.2) is 5.76 Å². The van der Waals surface area contributed by atoms with Crippen molar-refractivity contribution in [3.05, 3.63) is 34.6 Å². The fraction of sp³-hybridized carbons (Fsp3) is 0.312. The third kappa shape index (κ3) is 4.17. The standard InChI is InChI=1S/C16H16N2O4S2/c1-9-11(17-8-23)14(18-13(19)10-6-5-7-21-10)24-12(9)15(20)22-16(2,3)4/h5-7H,1-4H3,(H,18,19). The summed E-state index contributed by atoms with van der Waals surface area (Å²) in [5, 5.41) is 5.32. The minimum Gasteiger partial charge on any atom is -0.459 e. The zero-order chi connectivity index (χ0) is 17.9. The number of thiophene rings is 1. The summed E-state index contributed by atoms with van der Waals surface area (Å²) in [5.74, 6) is -0.778. The van der Waals surface area contributed by atoms with Gasteiger partial charge in [0.25, 0.3) is 5.91 Å². The number of hydrogen-bond acceptors (Lipinski definition) is 7. The first-order valence-electron chi connectivity index (χ1n) is 7.02. The molecule has 1 N–H and O–H groups in total. The highest BCUT2D eigenvalue weighted by Gasteiger charge is 2.26. The summed E-state index contributed by atoms with van der Waals surface area (Å²) in [6.07, 6.45) is 1.40. The molecule has 0 aliphatic carbocycles. The van der Waals surface area contributed by atoms with Crippen molar-refractivity contribution in [1.82, 2.24) is 0 Å². The number of thiocarbonyl (C=S) groups is 1. The van der Waals surface area contributed by atoms with E-state index in [-0.39, 0.29) is 5.76 Å². The zero-order valence-electron chi connectivity index (χ0n) is 13.6. The summed E-state index contributed by atoms with van der Waals surface area (Å²) >= 11 is 5.72. The van der Waals surface area contributed by atoms with E-state index in [1.807, 2.05) is 0 Å². The monoisotopic (exact) mass is 364 g/mol. The Morgan fingerprint density at radius 3 is 2.67 bits per heavy atom. The second-order valence-electron chi connectivity index (χ2n) is 5.87. The Balaban J connectivity index is 2.37. The van der Waals surface area contributed by atoms with E-state index in [0.717, 1.165) is 11.3 Å². The van der Waals surface area contributed by atoms with Crippen LogP contribution < -0.4 is 5.32 Å². The number of nitrogens with one attached hydrogen (secondary N) is 1. The molecule has 1 amide bonds. The van der Waals surface area contributed by atoms with Crippen molar-refractivity contribution in [3.8, 4) is 0 Å². The highest BCUT2D eigenvalue weighted by Crippen LogP contribution is 2.40. The molecule has 0 bridgehead atoms. The molecule has 24 heavy (non-hydrogen) atoms. The maximum atomic E-state index is 12.3. The molecular formula is C16H16N2O4S2. The summed E-state index contributed by atoms with van der Waals surface area (Å²) in [6, 6.07) is 3.14. The first kappa shape index (κ1) is 18.1. The van der Waals surface area contributed by atoms with Crippen LogP contribution in [0.25, 0.3) is 0 Å². The van der Waals surface area contributed by atoms with Gasteiger partial charge in [0.2, 0.25) is 0 Å². The van der Waals surface area contributed by atoms with Gasteiger partial charge in [-0.15, -0.1) is 11.3 Å². The first-order chi connectivity index (χ1) is 11.2. The zero-order valence-corrected chi connectivity index (χ0v) is 15.3. The second-order valence-corrected chi connectivity index (χ2v) is 7.07. The Labute approximate surface area is 148 Å². The van der Waals surface area contributed by atoms with Gasteiger partial charge >= 0.3 is 5.97 Å². The van der Waals surface area contributed by atoms with Crippen LogP contribution in [0.3, 0.4) is 0 Å². The van der Waals surface area contributed by atoms with Crippen LogP contribution in [0.15, 0.2) is 27.8 Å². The number of esters is 1. The van der Waals surface area contributed by atoms with Crippen LogP contribution in [0.5, 0.6) is 0 Å². The summed E-state index contributed by atoms with van der Waals surface area (Å²) < 4.78 is 10.4. The van der Waals surface area contributed by atoms with Gasteiger partial charge in [-0.1, -0.05) is 0 Å². The quantitative estimate of drug-likeness (QED) is 0.487. The average Bonchev–Trinajstić information content (AvgIpc) is 3.09. The predicted molar refractivity (Wildman–Crippen MR) is 95.6 cm³/mol. The lowest BCUT2D eigenvalue weighted by Gasteiger charge is -2.19. The van der Waals surface area contributed by atoms with Crippen molar-refractivity contribution in [3.63, 3.8) is 0 Å². The first-order valence-corrected chi connectivity index (χ1v) is 8.25. The molecule has 0 unspecified atom stereocenters. The average molecular weight is 364 g/mol. The predicted octanol–water partition coefficient (Wildman–Crippen LogP) is 4.59. The number of amides is 1. The molecule has 0 spiro atoms. The molecule has 8 heteroatoms. The number of carbonyl (C=O) groups is 2. The molecule has 0 atom stereocenters.